The van der Waals surface area contributed by atoms with Crippen LogP contribution in [0, 0.1) is 5.41 Å². The van der Waals surface area contributed by atoms with Crippen molar-refractivity contribution in [3.63, 3.8) is 0 Å². The zero-order chi connectivity index (χ0) is 12.3. The van der Waals surface area contributed by atoms with Crippen molar-refractivity contribution in [2.75, 3.05) is 13.1 Å². The molecule has 0 atom stereocenters. The second-order valence-electron chi connectivity index (χ2n) is 3.93. The van der Waals surface area contributed by atoms with E-state index < -0.39 is 17.4 Å². The molecule has 0 unspecified atom stereocenters. The van der Waals surface area contributed by atoms with Crippen LogP contribution in [0.3, 0.4) is 0 Å². The van der Waals surface area contributed by atoms with E-state index in [1.807, 2.05) is 0 Å². The molecular weight excluding hydrogens is 212 g/mol. The van der Waals surface area contributed by atoms with Gasteiger partial charge in [0.2, 0.25) is 5.91 Å². The fraction of sp³-hybridized carbons (Fsp3) is 0.700. The zero-order valence-corrected chi connectivity index (χ0v) is 9.45. The summed E-state index contributed by atoms with van der Waals surface area (Å²) < 4.78 is 0. The highest BCUT2D eigenvalue weighted by atomic mass is 16.4. The van der Waals surface area contributed by atoms with Crippen molar-refractivity contribution in [3.8, 4) is 0 Å². The maximum Gasteiger partial charge on any atom is 0.324 e. The molecule has 2 N–H and O–H groups in total. The van der Waals surface area contributed by atoms with Crippen LogP contribution < -0.4 is 5.32 Å². The van der Waals surface area contributed by atoms with E-state index in [1.165, 1.54) is 0 Å². The molecule has 0 aliphatic carbocycles. The van der Waals surface area contributed by atoms with E-state index >= 15 is 0 Å². The molecule has 90 valence electrons. The summed E-state index contributed by atoms with van der Waals surface area (Å²) in [6.07, 6.45) is 0.770. The van der Waals surface area contributed by atoms with Crippen molar-refractivity contribution in [2.24, 2.45) is 5.41 Å². The van der Waals surface area contributed by atoms with E-state index in [4.69, 9.17) is 0 Å². The number of carboxylic acids is 1. The first-order valence-corrected chi connectivity index (χ1v) is 5.28. The van der Waals surface area contributed by atoms with Gasteiger partial charge in [-0.2, -0.15) is 0 Å². The van der Waals surface area contributed by atoms with Crippen LogP contribution in [0.15, 0.2) is 0 Å². The quantitative estimate of drug-likeness (QED) is 0.668. The Morgan fingerprint density at radius 3 is 2.31 bits per heavy atom. The molecule has 6 heteroatoms. The number of carbonyl (C=O) groups is 3. The molecular formula is C10H16N2O4. The molecule has 0 radical (unpaired) electrons. The fourth-order valence-corrected chi connectivity index (χ4v) is 1.76. The highest BCUT2D eigenvalue weighted by Gasteiger charge is 2.41. The van der Waals surface area contributed by atoms with Crippen LogP contribution >= 0.6 is 0 Å². The number of hydrogen-bond acceptors (Lipinski definition) is 3. The Hall–Kier alpha value is -1.59. The molecule has 0 spiro atoms. The van der Waals surface area contributed by atoms with Crippen molar-refractivity contribution in [1.29, 1.82) is 0 Å². The highest BCUT2D eigenvalue weighted by Crippen LogP contribution is 2.28. The summed E-state index contributed by atoms with van der Waals surface area (Å²) in [5, 5.41) is 11.6. The molecule has 0 saturated carbocycles. The number of carbonyl (C=O) groups excluding carboxylic acids is 2. The molecule has 1 aliphatic rings. The molecule has 1 heterocycles. The number of carboxylic acid groups (broad SMARTS) is 1. The van der Waals surface area contributed by atoms with Gasteiger partial charge >= 0.3 is 12.0 Å². The van der Waals surface area contributed by atoms with Gasteiger partial charge in [-0.3, -0.25) is 14.5 Å². The normalized spacial score (nSPS) is 16.5. The van der Waals surface area contributed by atoms with Gasteiger partial charge in [-0.1, -0.05) is 13.8 Å². The van der Waals surface area contributed by atoms with Crippen LogP contribution in [-0.2, 0) is 9.59 Å². The van der Waals surface area contributed by atoms with Gasteiger partial charge in [-0.05, 0) is 12.8 Å². The minimum atomic E-state index is -1.03. The number of hydrogen-bond donors (Lipinski definition) is 2. The maximum atomic E-state index is 11.4. The molecule has 0 aromatic heterocycles. The third-order valence-electron chi connectivity index (χ3n) is 3.21. The number of imide groups is 1. The number of aliphatic carboxylic acids is 1. The lowest BCUT2D eigenvalue weighted by atomic mass is 9.82. The van der Waals surface area contributed by atoms with Crippen molar-refractivity contribution < 1.29 is 19.5 Å². The van der Waals surface area contributed by atoms with Crippen LogP contribution in [0.25, 0.3) is 0 Å². The van der Waals surface area contributed by atoms with Crippen LogP contribution in [-0.4, -0.2) is 41.0 Å². The van der Waals surface area contributed by atoms with Crippen molar-refractivity contribution in [2.45, 2.75) is 26.7 Å². The summed E-state index contributed by atoms with van der Waals surface area (Å²) in [5.41, 5.74) is -1.03. The van der Waals surface area contributed by atoms with Crippen LogP contribution in [0.4, 0.5) is 4.79 Å². The monoisotopic (exact) mass is 228 g/mol. The Bertz CT molecular complexity index is 307. The molecule has 6 nitrogen and oxygen atoms in total. The lowest BCUT2D eigenvalue weighted by Crippen LogP contribution is -2.45. The SMILES string of the molecule is CCC(CC)(CN1C(=O)CNC1=O)C(=O)O. The van der Waals surface area contributed by atoms with E-state index in [2.05, 4.69) is 5.32 Å². The lowest BCUT2D eigenvalue weighted by molar-refractivity contribution is -0.150. The predicted octanol–water partition coefficient (Wildman–Crippen LogP) is 0.429. The summed E-state index contributed by atoms with van der Waals surface area (Å²) in [6.45, 7) is 3.40. The Kier molecular flexibility index (Phi) is 3.51. The van der Waals surface area contributed by atoms with E-state index in [0.29, 0.717) is 12.8 Å². The Morgan fingerprint density at radius 1 is 1.44 bits per heavy atom. The number of urea groups is 1. The first-order valence-electron chi connectivity index (χ1n) is 5.28. The van der Waals surface area contributed by atoms with Gasteiger partial charge in [-0.25, -0.2) is 4.79 Å². The minimum Gasteiger partial charge on any atom is -0.481 e. The second-order valence-corrected chi connectivity index (χ2v) is 3.93. The summed E-state index contributed by atoms with van der Waals surface area (Å²) >= 11 is 0. The largest absolute Gasteiger partial charge is 0.481 e. The second kappa shape index (κ2) is 4.51. The van der Waals surface area contributed by atoms with Gasteiger partial charge < -0.3 is 10.4 Å². The van der Waals surface area contributed by atoms with E-state index in [-0.39, 0.29) is 19.0 Å². The van der Waals surface area contributed by atoms with Crippen LogP contribution in [0.1, 0.15) is 26.7 Å². The number of rotatable bonds is 5. The number of amides is 3. The van der Waals surface area contributed by atoms with E-state index in [1.54, 1.807) is 13.8 Å². The van der Waals surface area contributed by atoms with Crippen molar-refractivity contribution in [3.05, 3.63) is 0 Å². The molecule has 1 saturated heterocycles. The Labute approximate surface area is 93.6 Å². The Balaban J connectivity index is 2.87. The van der Waals surface area contributed by atoms with Crippen molar-refractivity contribution >= 4 is 17.9 Å². The lowest BCUT2D eigenvalue weighted by Gasteiger charge is -2.29. The van der Waals surface area contributed by atoms with Gasteiger partial charge in [0.05, 0.1) is 12.0 Å². The van der Waals surface area contributed by atoms with Gasteiger partial charge in [0, 0.05) is 6.54 Å². The van der Waals surface area contributed by atoms with Gasteiger partial charge in [0.15, 0.2) is 0 Å². The average molecular weight is 228 g/mol. The molecule has 1 aliphatic heterocycles. The predicted molar refractivity (Wildman–Crippen MR) is 55.8 cm³/mol. The summed E-state index contributed by atoms with van der Waals surface area (Å²) in [5.74, 6) is -1.33. The van der Waals surface area contributed by atoms with Gasteiger partial charge in [-0.15, -0.1) is 0 Å². The Morgan fingerprint density at radius 2 is 2.00 bits per heavy atom. The van der Waals surface area contributed by atoms with E-state index in [0.717, 1.165) is 4.90 Å². The molecule has 1 fully saturated rings. The van der Waals surface area contributed by atoms with Crippen LogP contribution in [0.5, 0.6) is 0 Å². The smallest absolute Gasteiger partial charge is 0.324 e. The summed E-state index contributed by atoms with van der Waals surface area (Å²) in [6, 6.07) is -0.502. The number of nitrogens with one attached hydrogen (secondary N) is 1. The molecule has 0 aromatic carbocycles. The van der Waals surface area contributed by atoms with Crippen molar-refractivity contribution in [1.82, 2.24) is 10.2 Å². The zero-order valence-electron chi connectivity index (χ0n) is 9.45. The van der Waals surface area contributed by atoms with Gasteiger partial charge in [0.25, 0.3) is 0 Å². The molecule has 3 amide bonds. The average Bonchev–Trinajstić information content (AvgIpc) is 2.56. The maximum absolute atomic E-state index is 11.4. The fourth-order valence-electron chi connectivity index (χ4n) is 1.76. The molecule has 0 aromatic rings. The summed E-state index contributed by atoms with van der Waals surface area (Å²) in [4.78, 5) is 34.9. The molecule has 0 bridgehead atoms. The minimum absolute atomic E-state index is 0.0397. The molecule has 16 heavy (non-hydrogen) atoms. The third-order valence-corrected chi connectivity index (χ3v) is 3.21. The van der Waals surface area contributed by atoms with E-state index in [9.17, 15) is 19.5 Å². The summed E-state index contributed by atoms with van der Waals surface area (Å²) in [7, 11) is 0. The number of nitrogens with zero attached hydrogens (tertiary/aromatic N) is 1. The third kappa shape index (κ3) is 2.00. The topological polar surface area (TPSA) is 86.7 Å². The first kappa shape index (κ1) is 12.5. The van der Waals surface area contributed by atoms with Crippen LogP contribution in [0.2, 0.25) is 0 Å². The first-order chi connectivity index (χ1) is 7.46. The standard InChI is InChI=1S/C10H16N2O4/c1-3-10(4-2,8(14)15)6-12-7(13)5-11-9(12)16/h3-6H2,1-2H3,(H,11,16)(H,14,15). The highest BCUT2D eigenvalue weighted by molar-refractivity contribution is 6.02. The molecule has 1 rings (SSSR count). The van der Waals surface area contributed by atoms with Gasteiger partial charge in [0.1, 0.15) is 0 Å².